The molecular formula is C20H24FN5O4. The largest absolute Gasteiger partial charge is 0.474 e. The van der Waals surface area contributed by atoms with Gasteiger partial charge in [0.2, 0.25) is 5.88 Å². The Balaban J connectivity index is 1.59. The lowest BCUT2D eigenvalue weighted by Gasteiger charge is -2.34. The van der Waals surface area contributed by atoms with Crippen LogP contribution in [0.25, 0.3) is 0 Å². The Morgan fingerprint density at radius 1 is 1.37 bits per heavy atom. The molecule has 10 heteroatoms. The van der Waals surface area contributed by atoms with Crippen molar-refractivity contribution in [2.75, 3.05) is 31.7 Å². The summed E-state index contributed by atoms with van der Waals surface area (Å²) in [6.07, 6.45) is 1.26. The van der Waals surface area contributed by atoms with Crippen LogP contribution in [0.4, 0.5) is 20.7 Å². The summed E-state index contributed by atoms with van der Waals surface area (Å²) in [6, 6.07) is 1.55. The number of anilines is 2. The van der Waals surface area contributed by atoms with Crippen molar-refractivity contribution in [1.29, 1.82) is 0 Å². The van der Waals surface area contributed by atoms with Gasteiger partial charge in [-0.25, -0.2) is 14.2 Å². The van der Waals surface area contributed by atoms with Gasteiger partial charge in [-0.05, 0) is 19.8 Å². The molecule has 30 heavy (non-hydrogen) atoms. The number of nitrogens with zero attached hydrogens (tertiary/aromatic N) is 5. The number of hydrogen-bond acceptors (Lipinski definition) is 7. The van der Waals surface area contributed by atoms with Gasteiger partial charge in [-0.2, -0.15) is 5.10 Å². The number of fused-ring (bicyclic) bond motifs is 2. The molecule has 2 aromatic rings. The van der Waals surface area contributed by atoms with E-state index in [1.807, 2.05) is 9.58 Å². The second-order valence-corrected chi connectivity index (χ2v) is 7.99. The average Bonchev–Trinajstić information content (AvgIpc) is 3.09. The molecular weight excluding hydrogens is 393 g/mol. The summed E-state index contributed by atoms with van der Waals surface area (Å²) in [7, 11) is 1.37. The number of amides is 1. The minimum Gasteiger partial charge on any atom is -0.474 e. The standard InChI is InChI=1S/C20H24FN5O4/c1-11-15(21)9-17-19(22-11)30-6-5-25(17)18-14-10-24(20(28)29-2)4-3-16(14)26(23-18)12-7-13(27)8-12/h9,12-13,27H,3-8,10H2,1-2H3. The van der Waals surface area contributed by atoms with Gasteiger partial charge in [0.25, 0.3) is 0 Å². The lowest BCUT2D eigenvalue weighted by Crippen LogP contribution is -2.38. The molecule has 160 valence electrons. The van der Waals surface area contributed by atoms with Gasteiger partial charge in [-0.15, -0.1) is 0 Å². The van der Waals surface area contributed by atoms with Crippen LogP contribution in [-0.2, 0) is 17.7 Å². The number of pyridine rings is 1. The summed E-state index contributed by atoms with van der Waals surface area (Å²) in [5.41, 5.74) is 2.78. The number of rotatable bonds is 2. The lowest BCUT2D eigenvalue weighted by molar-refractivity contribution is 0.0417. The minimum absolute atomic E-state index is 0.126. The van der Waals surface area contributed by atoms with Gasteiger partial charge < -0.3 is 24.4 Å². The number of methoxy groups -OCH3 is 1. The lowest BCUT2D eigenvalue weighted by atomic mass is 9.89. The first-order chi connectivity index (χ1) is 14.5. The van der Waals surface area contributed by atoms with Crippen LogP contribution in [-0.4, -0.2) is 63.8 Å². The van der Waals surface area contributed by atoms with Crippen LogP contribution in [0.5, 0.6) is 5.88 Å². The smallest absolute Gasteiger partial charge is 0.409 e. The fourth-order valence-electron chi connectivity index (χ4n) is 4.41. The Hall–Kier alpha value is -2.88. The van der Waals surface area contributed by atoms with Crippen LogP contribution in [0.2, 0.25) is 0 Å². The van der Waals surface area contributed by atoms with Crippen LogP contribution in [0, 0.1) is 12.7 Å². The predicted octanol–water partition coefficient (Wildman–Crippen LogP) is 2.08. The van der Waals surface area contributed by atoms with Gasteiger partial charge in [0.15, 0.2) is 5.82 Å². The Kier molecular flexibility index (Phi) is 4.53. The highest BCUT2D eigenvalue weighted by atomic mass is 19.1. The molecule has 1 aliphatic carbocycles. The highest BCUT2D eigenvalue weighted by Gasteiger charge is 2.37. The van der Waals surface area contributed by atoms with E-state index < -0.39 is 5.82 Å². The zero-order chi connectivity index (χ0) is 21.0. The zero-order valence-corrected chi connectivity index (χ0v) is 17.0. The molecule has 0 unspecified atom stereocenters. The first-order valence-electron chi connectivity index (χ1n) is 10.1. The third-order valence-corrected chi connectivity index (χ3v) is 6.13. The van der Waals surface area contributed by atoms with Gasteiger partial charge >= 0.3 is 6.09 Å². The third-order valence-electron chi connectivity index (χ3n) is 6.13. The van der Waals surface area contributed by atoms with Crippen molar-refractivity contribution in [3.63, 3.8) is 0 Å². The number of aromatic nitrogens is 3. The molecule has 0 radical (unpaired) electrons. The molecule has 3 aliphatic rings. The van der Waals surface area contributed by atoms with E-state index in [1.54, 1.807) is 11.8 Å². The van der Waals surface area contributed by atoms with Gasteiger partial charge in [-0.3, -0.25) is 4.68 Å². The monoisotopic (exact) mass is 417 g/mol. The van der Waals surface area contributed by atoms with E-state index in [0.717, 1.165) is 11.3 Å². The van der Waals surface area contributed by atoms with E-state index in [4.69, 9.17) is 14.6 Å². The molecule has 0 saturated heterocycles. The SMILES string of the molecule is COC(=O)N1CCc2c(c(N3CCOc4nc(C)c(F)cc43)nn2C2CC(O)C2)C1. The number of hydrogen-bond donors (Lipinski definition) is 1. The van der Waals surface area contributed by atoms with Gasteiger partial charge in [-0.1, -0.05) is 0 Å². The average molecular weight is 417 g/mol. The molecule has 1 fully saturated rings. The molecule has 0 bridgehead atoms. The maximum absolute atomic E-state index is 14.3. The first kappa shape index (κ1) is 19.1. The number of carbonyl (C=O) groups excluding carboxylic acids is 1. The normalized spacial score (nSPS) is 22.7. The fourth-order valence-corrected chi connectivity index (χ4v) is 4.41. The Morgan fingerprint density at radius 2 is 2.17 bits per heavy atom. The Bertz CT molecular complexity index is 1000. The fraction of sp³-hybridized carbons (Fsp3) is 0.550. The number of halogens is 1. The van der Waals surface area contributed by atoms with Crippen molar-refractivity contribution in [3.05, 3.63) is 28.8 Å². The third kappa shape index (κ3) is 2.97. The molecule has 1 N–H and O–H groups in total. The van der Waals surface area contributed by atoms with Crippen LogP contribution in [0.1, 0.15) is 35.8 Å². The molecule has 0 atom stereocenters. The zero-order valence-electron chi connectivity index (χ0n) is 17.0. The van der Waals surface area contributed by atoms with Gasteiger partial charge in [0, 0.05) is 30.3 Å². The van der Waals surface area contributed by atoms with Crippen molar-refractivity contribution in [2.45, 2.75) is 44.9 Å². The number of aryl methyl sites for hydroxylation is 1. The number of aliphatic hydroxyl groups is 1. The van der Waals surface area contributed by atoms with Crippen LogP contribution >= 0.6 is 0 Å². The molecule has 0 aromatic carbocycles. The number of aliphatic hydroxyl groups excluding tert-OH is 1. The highest BCUT2D eigenvalue weighted by molar-refractivity contribution is 5.72. The van der Waals surface area contributed by atoms with Crippen molar-refractivity contribution < 1.29 is 23.8 Å². The van der Waals surface area contributed by atoms with Crippen molar-refractivity contribution in [3.8, 4) is 5.88 Å². The summed E-state index contributed by atoms with van der Waals surface area (Å²) >= 11 is 0. The maximum Gasteiger partial charge on any atom is 0.409 e. The Labute approximate surface area is 173 Å². The van der Waals surface area contributed by atoms with Crippen molar-refractivity contribution in [1.82, 2.24) is 19.7 Å². The van der Waals surface area contributed by atoms with Crippen LogP contribution in [0.15, 0.2) is 6.07 Å². The summed E-state index contributed by atoms with van der Waals surface area (Å²) in [6.45, 7) is 3.39. The summed E-state index contributed by atoms with van der Waals surface area (Å²) in [4.78, 5) is 19.9. The highest BCUT2D eigenvalue weighted by Crippen LogP contribution is 2.42. The summed E-state index contributed by atoms with van der Waals surface area (Å²) in [5.74, 6) is 0.647. The van der Waals surface area contributed by atoms with E-state index in [-0.39, 0.29) is 23.9 Å². The topological polar surface area (TPSA) is 93.0 Å². The summed E-state index contributed by atoms with van der Waals surface area (Å²) in [5, 5.41) is 14.7. The van der Waals surface area contributed by atoms with E-state index in [2.05, 4.69) is 4.98 Å². The summed E-state index contributed by atoms with van der Waals surface area (Å²) < 4.78 is 26.9. The van der Waals surface area contributed by atoms with E-state index in [1.165, 1.54) is 13.2 Å². The molecule has 2 aromatic heterocycles. The quantitative estimate of drug-likeness (QED) is 0.800. The second-order valence-electron chi connectivity index (χ2n) is 7.99. The molecule has 0 spiro atoms. The molecule has 1 amide bonds. The Morgan fingerprint density at radius 3 is 2.90 bits per heavy atom. The van der Waals surface area contributed by atoms with E-state index >= 15 is 0 Å². The second kappa shape index (κ2) is 7.12. The van der Waals surface area contributed by atoms with Crippen LogP contribution < -0.4 is 9.64 Å². The minimum atomic E-state index is -0.407. The first-order valence-corrected chi connectivity index (χ1v) is 10.1. The number of carbonyl (C=O) groups is 1. The van der Waals surface area contributed by atoms with E-state index in [0.29, 0.717) is 62.9 Å². The van der Waals surface area contributed by atoms with Gasteiger partial charge in [0.05, 0.1) is 38.0 Å². The van der Waals surface area contributed by atoms with Crippen molar-refractivity contribution >= 4 is 17.6 Å². The van der Waals surface area contributed by atoms with Crippen molar-refractivity contribution in [2.24, 2.45) is 0 Å². The molecule has 4 heterocycles. The van der Waals surface area contributed by atoms with Crippen LogP contribution in [0.3, 0.4) is 0 Å². The number of ether oxygens (including phenoxy) is 2. The molecule has 5 rings (SSSR count). The maximum atomic E-state index is 14.3. The van der Waals surface area contributed by atoms with E-state index in [9.17, 15) is 14.3 Å². The molecule has 2 aliphatic heterocycles. The molecule has 1 saturated carbocycles. The molecule has 9 nitrogen and oxygen atoms in total. The predicted molar refractivity (Wildman–Crippen MR) is 104 cm³/mol. The van der Waals surface area contributed by atoms with Gasteiger partial charge in [0.1, 0.15) is 18.1 Å².